The summed E-state index contributed by atoms with van der Waals surface area (Å²) in [6.07, 6.45) is 1.87. The molecule has 0 atom stereocenters. The summed E-state index contributed by atoms with van der Waals surface area (Å²) in [5.41, 5.74) is 1.41. The van der Waals surface area contributed by atoms with Gasteiger partial charge in [-0.05, 0) is 24.3 Å². The molecular formula is C16H12Cl2FNO. The first-order valence-corrected chi connectivity index (χ1v) is 7.11. The molecule has 0 bridgehead atoms. The second kappa shape index (κ2) is 5.58. The molecule has 0 aliphatic heterocycles. The maximum atomic E-state index is 14.2. The van der Waals surface area contributed by atoms with Crippen molar-refractivity contribution in [3.05, 3.63) is 64.0 Å². The zero-order valence-electron chi connectivity index (χ0n) is 11.2. The number of methoxy groups -OCH3 is 1. The van der Waals surface area contributed by atoms with Crippen molar-refractivity contribution in [1.82, 2.24) is 4.57 Å². The number of halogens is 3. The van der Waals surface area contributed by atoms with Crippen LogP contribution in [0, 0.1) is 5.82 Å². The zero-order valence-corrected chi connectivity index (χ0v) is 12.7. The van der Waals surface area contributed by atoms with Crippen molar-refractivity contribution in [3.63, 3.8) is 0 Å². The zero-order chi connectivity index (χ0) is 15.0. The first-order chi connectivity index (χ1) is 10.1. The highest BCUT2D eigenvalue weighted by Crippen LogP contribution is 2.30. The summed E-state index contributed by atoms with van der Waals surface area (Å²) in [6, 6.07) is 10.5. The Bertz CT molecular complexity index is 813. The van der Waals surface area contributed by atoms with Crippen LogP contribution < -0.4 is 4.74 Å². The Labute approximate surface area is 131 Å². The summed E-state index contributed by atoms with van der Waals surface area (Å²) in [5, 5.41) is 2.03. The van der Waals surface area contributed by atoms with Crippen LogP contribution in [0.25, 0.3) is 10.9 Å². The van der Waals surface area contributed by atoms with E-state index in [1.165, 1.54) is 7.11 Å². The van der Waals surface area contributed by atoms with Crippen molar-refractivity contribution in [3.8, 4) is 5.75 Å². The van der Waals surface area contributed by atoms with Crippen LogP contribution in [0.1, 0.15) is 5.56 Å². The monoisotopic (exact) mass is 323 g/mol. The summed E-state index contributed by atoms with van der Waals surface area (Å²) < 4.78 is 21.1. The van der Waals surface area contributed by atoms with Gasteiger partial charge in [-0.3, -0.25) is 0 Å². The van der Waals surface area contributed by atoms with E-state index in [4.69, 9.17) is 27.9 Å². The van der Waals surface area contributed by atoms with Crippen molar-refractivity contribution < 1.29 is 9.13 Å². The predicted molar refractivity (Wildman–Crippen MR) is 84.0 cm³/mol. The Balaban J connectivity index is 2.07. The Kier molecular flexibility index (Phi) is 3.79. The molecule has 0 radical (unpaired) electrons. The molecule has 3 rings (SSSR count). The van der Waals surface area contributed by atoms with Crippen LogP contribution in [0.5, 0.6) is 5.75 Å². The molecule has 0 N–H and O–H groups in total. The molecular weight excluding hydrogens is 312 g/mol. The molecule has 0 saturated carbocycles. The standard InChI is InChI=1S/C16H12Cl2FNO/c1-21-15-4-2-3-10(16(15)19)9-20-6-5-12-13(18)7-11(17)8-14(12)20/h2-8H,9H2,1H3. The minimum absolute atomic E-state index is 0.236. The lowest BCUT2D eigenvalue weighted by Crippen LogP contribution is -2.02. The van der Waals surface area contributed by atoms with Gasteiger partial charge in [0.25, 0.3) is 0 Å². The number of ether oxygens (including phenoxy) is 1. The van der Waals surface area contributed by atoms with Gasteiger partial charge in [0.05, 0.1) is 24.2 Å². The van der Waals surface area contributed by atoms with Crippen LogP contribution >= 0.6 is 23.2 Å². The number of aromatic nitrogens is 1. The highest BCUT2D eigenvalue weighted by Gasteiger charge is 2.11. The second-order valence-electron chi connectivity index (χ2n) is 4.70. The summed E-state index contributed by atoms with van der Waals surface area (Å²) in [4.78, 5) is 0. The van der Waals surface area contributed by atoms with Gasteiger partial charge in [0.2, 0.25) is 0 Å². The van der Waals surface area contributed by atoms with E-state index in [2.05, 4.69) is 0 Å². The van der Waals surface area contributed by atoms with E-state index in [1.54, 1.807) is 24.3 Å². The summed E-state index contributed by atoms with van der Waals surface area (Å²) >= 11 is 12.2. The quantitative estimate of drug-likeness (QED) is 0.650. The van der Waals surface area contributed by atoms with E-state index in [0.29, 0.717) is 22.2 Å². The number of hydrogen-bond acceptors (Lipinski definition) is 1. The van der Waals surface area contributed by atoms with E-state index in [9.17, 15) is 4.39 Å². The van der Waals surface area contributed by atoms with Gasteiger partial charge < -0.3 is 9.30 Å². The lowest BCUT2D eigenvalue weighted by Gasteiger charge is -2.10. The van der Waals surface area contributed by atoms with E-state index < -0.39 is 0 Å². The minimum atomic E-state index is -0.352. The molecule has 0 aliphatic rings. The highest BCUT2D eigenvalue weighted by atomic mass is 35.5. The third-order valence-electron chi connectivity index (χ3n) is 3.41. The molecule has 2 nitrogen and oxygen atoms in total. The first kappa shape index (κ1) is 14.2. The van der Waals surface area contributed by atoms with Gasteiger partial charge in [-0.25, -0.2) is 4.39 Å². The second-order valence-corrected chi connectivity index (χ2v) is 5.54. The van der Waals surface area contributed by atoms with Crippen LogP contribution in [0.4, 0.5) is 4.39 Å². The van der Waals surface area contributed by atoms with E-state index in [-0.39, 0.29) is 11.6 Å². The van der Waals surface area contributed by atoms with Crippen LogP contribution in [-0.2, 0) is 6.54 Å². The van der Waals surface area contributed by atoms with E-state index >= 15 is 0 Å². The average molecular weight is 324 g/mol. The molecule has 0 unspecified atom stereocenters. The van der Waals surface area contributed by atoms with E-state index in [0.717, 1.165) is 10.9 Å². The maximum Gasteiger partial charge on any atom is 0.170 e. The van der Waals surface area contributed by atoms with Crippen LogP contribution in [-0.4, -0.2) is 11.7 Å². The molecule has 1 aromatic heterocycles. The topological polar surface area (TPSA) is 14.2 Å². The molecule has 0 spiro atoms. The molecule has 0 aliphatic carbocycles. The smallest absolute Gasteiger partial charge is 0.170 e. The average Bonchev–Trinajstić information content (AvgIpc) is 2.84. The fourth-order valence-corrected chi connectivity index (χ4v) is 2.92. The Hall–Kier alpha value is -1.71. The molecule has 108 valence electrons. The minimum Gasteiger partial charge on any atom is -0.494 e. The van der Waals surface area contributed by atoms with Crippen LogP contribution in [0.15, 0.2) is 42.6 Å². The summed E-state index contributed by atoms with van der Waals surface area (Å²) in [5.74, 6) is -0.116. The summed E-state index contributed by atoms with van der Waals surface area (Å²) in [7, 11) is 1.45. The molecule has 5 heteroatoms. The maximum absolute atomic E-state index is 14.2. The van der Waals surface area contributed by atoms with Gasteiger partial charge in [-0.15, -0.1) is 0 Å². The van der Waals surface area contributed by atoms with Gasteiger partial charge in [0.1, 0.15) is 0 Å². The lowest BCUT2D eigenvalue weighted by atomic mass is 10.2. The van der Waals surface area contributed by atoms with Gasteiger partial charge in [0, 0.05) is 22.2 Å². The number of fused-ring (bicyclic) bond motifs is 1. The van der Waals surface area contributed by atoms with Gasteiger partial charge in [-0.2, -0.15) is 0 Å². The number of hydrogen-bond donors (Lipinski definition) is 0. The van der Waals surface area contributed by atoms with Gasteiger partial charge in [0.15, 0.2) is 11.6 Å². The fourth-order valence-electron chi connectivity index (χ4n) is 2.38. The van der Waals surface area contributed by atoms with Crippen molar-refractivity contribution in [2.75, 3.05) is 7.11 Å². The summed E-state index contributed by atoms with van der Waals surface area (Å²) in [6.45, 7) is 0.378. The van der Waals surface area contributed by atoms with Crippen LogP contribution in [0.3, 0.4) is 0 Å². The molecule has 1 heterocycles. The molecule has 0 fully saturated rings. The SMILES string of the molecule is COc1cccc(Cn2ccc3c(Cl)cc(Cl)cc32)c1F. The van der Waals surface area contributed by atoms with Gasteiger partial charge in [-0.1, -0.05) is 35.3 Å². The normalized spacial score (nSPS) is 11.0. The Morgan fingerprint density at radius 1 is 1.19 bits per heavy atom. The van der Waals surface area contributed by atoms with Crippen LogP contribution in [0.2, 0.25) is 10.0 Å². The molecule has 2 aromatic carbocycles. The van der Waals surface area contributed by atoms with Gasteiger partial charge >= 0.3 is 0 Å². The molecule has 0 saturated heterocycles. The lowest BCUT2D eigenvalue weighted by molar-refractivity contribution is 0.383. The van der Waals surface area contributed by atoms with Crippen molar-refractivity contribution >= 4 is 34.1 Å². The highest BCUT2D eigenvalue weighted by molar-refractivity contribution is 6.38. The predicted octanol–water partition coefficient (Wildman–Crippen LogP) is 5.14. The number of rotatable bonds is 3. The number of benzene rings is 2. The Morgan fingerprint density at radius 3 is 2.76 bits per heavy atom. The third-order valence-corrected chi connectivity index (χ3v) is 3.94. The fraction of sp³-hybridized carbons (Fsp3) is 0.125. The molecule has 3 aromatic rings. The van der Waals surface area contributed by atoms with Crippen molar-refractivity contribution in [1.29, 1.82) is 0 Å². The first-order valence-electron chi connectivity index (χ1n) is 6.35. The largest absolute Gasteiger partial charge is 0.494 e. The third kappa shape index (κ3) is 2.59. The Morgan fingerprint density at radius 2 is 2.00 bits per heavy atom. The van der Waals surface area contributed by atoms with E-state index in [1.807, 2.05) is 22.9 Å². The molecule has 0 amide bonds. The molecule has 21 heavy (non-hydrogen) atoms. The number of nitrogens with zero attached hydrogens (tertiary/aromatic N) is 1. The van der Waals surface area contributed by atoms with Crippen molar-refractivity contribution in [2.24, 2.45) is 0 Å². The van der Waals surface area contributed by atoms with Crippen molar-refractivity contribution in [2.45, 2.75) is 6.54 Å².